The molecule has 1 aromatic carbocycles. The topological polar surface area (TPSA) is 65.8 Å². The standard InChI is InChI=1S/C21H32N6O/c1-5-23-21(25(4)16-20(28)27(6-2)7-3)24-14-18-9-8-10-19(13-18)15-26-12-11-22-17-26/h8-13,17H,5-7,14-16H2,1-4H3,(H,23,24). The maximum atomic E-state index is 12.4. The summed E-state index contributed by atoms with van der Waals surface area (Å²) in [4.78, 5) is 24.9. The van der Waals surface area contributed by atoms with Crippen LogP contribution in [0, 0.1) is 0 Å². The van der Waals surface area contributed by atoms with E-state index in [-0.39, 0.29) is 5.91 Å². The van der Waals surface area contributed by atoms with Crippen LogP contribution >= 0.6 is 0 Å². The van der Waals surface area contributed by atoms with Gasteiger partial charge in [0.2, 0.25) is 5.91 Å². The molecule has 152 valence electrons. The minimum Gasteiger partial charge on any atom is -0.357 e. The van der Waals surface area contributed by atoms with Gasteiger partial charge in [-0.1, -0.05) is 24.3 Å². The zero-order valence-electron chi connectivity index (χ0n) is 17.4. The van der Waals surface area contributed by atoms with Gasteiger partial charge in [0.05, 0.1) is 19.4 Å². The molecular weight excluding hydrogens is 352 g/mol. The Balaban J connectivity index is 2.04. The average Bonchev–Trinajstić information content (AvgIpc) is 3.19. The van der Waals surface area contributed by atoms with E-state index in [4.69, 9.17) is 4.99 Å². The highest BCUT2D eigenvalue weighted by Gasteiger charge is 2.15. The Kier molecular flexibility index (Phi) is 8.52. The second-order valence-corrected chi connectivity index (χ2v) is 6.65. The molecule has 2 aromatic rings. The summed E-state index contributed by atoms with van der Waals surface area (Å²) in [5.74, 6) is 0.850. The molecule has 1 aromatic heterocycles. The van der Waals surface area contributed by atoms with Crippen molar-refractivity contribution in [2.24, 2.45) is 4.99 Å². The number of carbonyl (C=O) groups excluding carboxylic acids is 1. The van der Waals surface area contributed by atoms with E-state index in [0.29, 0.717) is 13.1 Å². The van der Waals surface area contributed by atoms with Gasteiger partial charge in [-0.15, -0.1) is 0 Å². The molecule has 0 unspecified atom stereocenters. The first kappa shape index (κ1) is 21.5. The molecule has 0 bridgehead atoms. The third-order valence-corrected chi connectivity index (χ3v) is 4.51. The highest BCUT2D eigenvalue weighted by Crippen LogP contribution is 2.09. The number of likely N-dealkylation sites (N-methyl/N-ethyl adjacent to an activating group) is 2. The largest absolute Gasteiger partial charge is 0.357 e. The van der Waals surface area contributed by atoms with Gasteiger partial charge in [-0.05, 0) is 31.9 Å². The summed E-state index contributed by atoms with van der Waals surface area (Å²) in [6, 6.07) is 8.39. The van der Waals surface area contributed by atoms with Crippen molar-refractivity contribution < 1.29 is 4.79 Å². The van der Waals surface area contributed by atoms with Crippen LogP contribution in [0.3, 0.4) is 0 Å². The third kappa shape index (κ3) is 6.40. The molecule has 1 amide bonds. The Bertz CT molecular complexity index is 752. The quantitative estimate of drug-likeness (QED) is 0.532. The molecule has 1 heterocycles. The average molecular weight is 385 g/mol. The van der Waals surface area contributed by atoms with E-state index < -0.39 is 0 Å². The highest BCUT2D eigenvalue weighted by molar-refractivity contribution is 5.86. The second-order valence-electron chi connectivity index (χ2n) is 6.65. The molecule has 0 aliphatic heterocycles. The molecule has 0 fully saturated rings. The predicted octanol–water partition coefficient (Wildman–Crippen LogP) is 2.20. The maximum Gasteiger partial charge on any atom is 0.242 e. The zero-order chi connectivity index (χ0) is 20.4. The van der Waals surface area contributed by atoms with Crippen LogP contribution in [0.25, 0.3) is 0 Å². The van der Waals surface area contributed by atoms with Crippen LogP contribution in [0.2, 0.25) is 0 Å². The summed E-state index contributed by atoms with van der Waals surface area (Å²) in [5.41, 5.74) is 2.34. The third-order valence-electron chi connectivity index (χ3n) is 4.51. The van der Waals surface area contributed by atoms with Gasteiger partial charge >= 0.3 is 0 Å². The first-order valence-corrected chi connectivity index (χ1v) is 9.88. The smallest absolute Gasteiger partial charge is 0.242 e. The molecule has 7 heteroatoms. The monoisotopic (exact) mass is 384 g/mol. The number of imidazole rings is 1. The van der Waals surface area contributed by atoms with Crippen molar-refractivity contribution in [1.29, 1.82) is 0 Å². The minimum atomic E-state index is 0.112. The fourth-order valence-corrected chi connectivity index (χ4v) is 3.01. The van der Waals surface area contributed by atoms with E-state index in [1.807, 2.05) is 54.7 Å². The van der Waals surface area contributed by atoms with E-state index in [1.165, 1.54) is 5.56 Å². The minimum absolute atomic E-state index is 0.112. The van der Waals surface area contributed by atoms with Crippen molar-refractivity contribution in [1.82, 2.24) is 24.7 Å². The van der Waals surface area contributed by atoms with Gasteiger partial charge in [-0.25, -0.2) is 9.98 Å². The molecule has 0 radical (unpaired) electrons. The number of nitrogens with one attached hydrogen (secondary N) is 1. The Morgan fingerprint density at radius 1 is 1.21 bits per heavy atom. The lowest BCUT2D eigenvalue weighted by atomic mass is 10.1. The van der Waals surface area contributed by atoms with Crippen LogP contribution in [-0.2, 0) is 17.9 Å². The SMILES string of the molecule is CCNC(=NCc1cccc(Cn2ccnc2)c1)N(C)CC(=O)N(CC)CC. The summed E-state index contributed by atoms with van der Waals surface area (Å²) in [6.45, 7) is 9.88. The number of aliphatic imine (C=N–C) groups is 1. The molecule has 28 heavy (non-hydrogen) atoms. The van der Waals surface area contributed by atoms with Crippen LogP contribution in [0.4, 0.5) is 0 Å². The number of nitrogens with zero attached hydrogens (tertiary/aromatic N) is 5. The lowest BCUT2D eigenvalue weighted by Gasteiger charge is -2.25. The van der Waals surface area contributed by atoms with Gasteiger partial charge in [0.25, 0.3) is 0 Å². The van der Waals surface area contributed by atoms with E-state index in [9.17, 15) is 4.79 Å². The number of hydrogen-bond acceptors (Lipinski definition) is 3. The van der Waals surface area contributed by atoms with Crippen molar-refractivity contribution >= 4 is 11.9 Å². The van der Waals surface area contributed by atoms with Crippen LogP contribution < -0.4 is 5.32 Å². The van der Waals surface area contributed by atoms with Crippen LogP contribution in [0.1, 0.15) is 31.9 Å². The second kappa shape index (κ2) is 11.1. The normalized spacial score (nSPS) is 11.4. The number of amides is 1. The van der Waals surface area contributed by atoms with Gasteiger partial charge in [-0.3, -0.25) is 4.79 Å². The first-order chi connectivity index (χ1) is 13.6. The number of rotatable bonds is 9. The predicted molar refractivity (Wildman–Crippen MR) is 113 cm³/mol. The Morgan fingerprint density at radius 3 is 2.61 bits per heavy atom. The highest BCUT2D eigenvalue weighted by atomic mass is 16.2. The van der Waals surface area contributed by atoms with Gasteiger partial charge in [-0.2, -0.15) is 0 Å². The van der Waals surface area contributed by atoms with Crippen molar-refractivity contribution in [2.75, 3.05) is 33.2 Å². The lowest BCUT2D eigenvalue weighted by molar-refractivity contribution is -0.131. The van der Waals surface area contributed by atoms with Gasteiger partial charge < -0.3 is 19.7 Å². The summed E-state index contributed by atoms with van der Waals surface area (Å²) < 4.78 is 2.04. The molecule has 7 nitrogen and oxygen atoms in total. The van der Waals surface area contributed by atoms with E-state index in [1.54, 1.807) is 6.20 Å². The lowest BCUT2D eigenvalue weighted by Crippen LogP contribution is -2.45. The number of carbonyl (C=O) groups is 1. The molecule has 0 aliphatic carbocycles. The summed E-state index contributed by atoms with van der Waals surface area (Å²) >= 11 is 0. The molecular formula is C21H32N6O. The van der Waals surface area contributed by atoms with E-state index in [0.717, 1.165) is 37.7 Å². The first-order valence-electron chi connectivity index (χ1n) is 9.88. The summed E-state index contributed by atoms with van der Waals surface area (Å²) in [6.07, 6.45) is 5.55. The number of hydrogen-bond donors (Lipinski definition) is 1. The molecule has 1 N–H and O–H groups in total. The number of benzene rings is 1. The van der Waals surface area contributed by atoms with Crippen molar-refractivity contribution in [3.63, 3.8) is 0 Å². The van der Waals surface area contributed by atoms with Crippen molar-refractivity contribution in [2.45, 2.75) is 33.9 Å². The van der Waals surface area contributed by atoms with Gasteiger partial charge in [0, 0.05) is 45.6 Å². The van der Waals surface area contributed by atoms with Crippen LogP contribution in [0.15, 0.2) is 48.0 Å². The van der Waals surface area contributed by atoms with E-state index in [2.05, 4.69) is 34.6 Å². The molecule has 0 saturated heterocycles. The summed E-state index contributed by atoms with van der Waals surface area (Å²) in [5, 5.41) is 3.28. The van der Waals surface area contributed by atoms with Crippen molar-refractivity contribution in [3.05, 3.63) is 54.1 Å². The molecule has 2 rings (SSSR count). The fourth-order valence-electron chi connectivity index (χ4n) is 3.01. The van der Waals surface area contributed by atoms with E-state index >= 15 is 0 Å². The van der Waals surface area contributed by atoms with Gasteiger partial charge in [0.1, 0.15) is 0 Å². The van der Waals surface area contributed by atoms with Crippen LogP contribution in [0.5, 0.6) is 0 Å². The maximum absolute atomic E-state index is 12.4. The number of aromatic nitrogens is 2. The summed E-state index contributed by atoms with van der Waals surface area (Å²) in [7, 11) is 1.90. The van der Waals surface area contributed by atoms with Crippen LogP contribution in [-0.4, -0.2) is 64.4 Å². The van der Waals surface area contributed by atoms with Gasteiger partial charge in [0.15, 0.2) is 5.96 Å². The number of guanidine groups is 1. The Hall–Kier alpha value is -2.83. The molecule has 0 atom stereocenters. The van der Waals surface area contributed by atoms with Crippen molar-refractivity contribution in [3.8, 4) is 0 Å². The zero-order valence-corrected chi connectivity index (χ0v) is 17.4. The Labute approximate surface area is 168 Å². The Morgan fingerprint density at radius 2 is 1.96 bits per heavy atom. The fraction of sp³-hybridized carbons (Fsp3) is 0.476. The molecule has 0 saturated carbocycles. The molecule has 0 spiro atoms. The molecule has 0 aliphatic rings.